The zero-order valence-electron chi connectivity index (χ0n) is 16.6. The van der Waals surface area contributed by atoms with Gasteiger partial charge in [0.25, 0.3) is 0 Å². The van der Waals surface area contributed by atoms with E-state index in [1.807, 2.05) is 4.90 Å². The molecule has 1 N–H and O–H groups in total. The Morgan fingerprint density at radius 3 is 2.41 bits per heavy atom. The van der Waals surface area contributed by atoms with Gasteiger partial charge in [0.2, 0.25) is 0 Å². The van der Waals surface area contributed by atoms with Crippen molar-refractivity contribution >= 4 is 41.0 Å². The molecule has 1 amide bonds. The van der Waals surface area contributed by atoms with Crippen molar-refractivity contribution in [3.05, 3.63) is 35.0 Å². The number of benzene rings is 1. The number of para-hydroxylation sites is 1. The highest BCUT2D eigenvalue weighted by atomic mass is 35.5. The van der Waals surface area contributed by atoms with E-state index >= 15 is 0 Å². The molecule has 1 fully saturated rings. The first-order valence-electron chi connectivity index (χ1n) is 9.01. The third kappa shape index (κ3) is 5.77. The zero-order valence-corrected chi connectivity index (χ0v) is 17.3. The van der Waals surface area contributed by atoms with Gasteiger partial charge in [-0.25, -0.2) is 14.4 Å². The number of nitrogens with one attached hydrogen (secondary N) is 1. The van der Waals surface area contributed by atoms with E-state index < -0.39 is 11.9 Å². The van der Waals surface area contributed by atoms with E-state index in [2.05, 4.69) is 10.1 Å². The molecule has 0 aliphatic carbocycles. The predicted molar refractivity (Wildman–Crippen MR) is 108 cm³/mol. The number of halogens is 1. The summed E-state index contributed by atoms with van der Waals surface area (Å²) in [5.74, 6) is -1.43. The van der Waals surface area contributed by atoms with Crippen LogP contribution in [0.2, 0.25) is 5.02 Å². The standard InChI is InChI=1S/C19H24ClN3O6/c1-4-29-19(26)23-10-8-22(9-11-23)17-13(20)6-5-7-14(17)21-15(18(25)28-3)12-16(24)27-2/h5-7,12,21H,4,8-11H2,1-3H3/b15-12+. The van der Waals surface area contributed by atoms with Crippen molar-refractivity contribution in [3.8, 4) is 0 Å². The number of anilines is 2. The molecule has 0 radical (unpaired) electrons. The Morgan fingerprint density at radius 2 is 1.83 bits per heavy atom. The Balaban J connectivity index is 2.25. The molecule has 0 aromatic heterocycles. The topological polar surface area (TPSA) is 97.4 Å². The lowest BCUT2D eigenvalue weighted by Gasteiger charge is -2.36. The maximum Gasteiger partial charge on any atom is 0.409 e. The molecule has 0 atom stereocenters. The molecule has 1 aromatic carbocycles. The molecule has 1 aliphatic heterocycles. The van der Waals surface area contributed by atoms with Crippen LogP contribution in [0, 0.1) is 0 Å². The van der Waals surface area contributed by atoms with E-state index in [0.29, 0.717) is 49.2 Å². The third-order valence-corrected chi connectivity index (χ3v) is 4.55. The first kappa shape index (κ1) is 22.4. The molecule has 1 heterocycles. The largest absolute Gasteiger partial charge is 0.466 e. The predicted octanol–water partition coefficient (Wildman–Crippen LogP) is 2.26. The summed E-state index contributed by atoms with van der Waals surface area (Å²) in [5.41, 5.74) is 1.08. The molecule has 2 rings (SSSR count). The molecule has 1 aliphatic rings. The maximum absolute atomic E-state index is 12.1. The molecule has 0 spiro atoms. The van der Waals surface area contributed by atoms with E-state index in [1.54, 1.807) is 30.0 Å². The van der Waals surface area contributed by atoms with Gasteiger partial charge < -0.3 is 29.3 Å². The lowest BCUT2D eigenvalue weighted by molar-refractivity contribution is -0.138. The van der Waals surface area contributed by atoms with E-state index in [4.69, 9.17) is 21.1 Å². The van der Waals surface area contributed by atoms with Crippen LogP contribution in [0.4, 0.5) is 16.2 Å². The van der Waals surface area contributed by atoms with Crippen LogP contribution in [-0.4, -0.2) is 69.9 Å². The van der Waals surface area contributed by atoms with Crippen LogP contribution >= 0.6 is 11.6 Å². The fourth-order valence-corrected chi connectivity index (χ4v) is 3.14. The van der Waals surface area contributed by atoms with Crippen molar-refractivity contribution in [1.82, 2.24) is 4.90 Å². The molecular weight excluding hydrogens is 402 g/mol. The van der Waals surface area contributed by atoms with Gasteiger partial charge in [0.1, 0.15) is 5.70 Å². The molecular formula is C19H24ClN3O6. The summed E-state index contributed by atoms with van der Waals surface area (Å²) in [6.45, 7) is 4.05. The van der Waals surface area contributed by atoms with E-state index in [9.17, 15) is 14.4 Å². The monoisotopic (exact) mass is 425 g/mol. The lowest BCUT2D eigenvalue weighted by atomic mass is 10.2. The summed E-state index contributed by atoms with van der Waals surface area (Å²) in [7, 11) is 2.42. The molecule has 1 aromatic rings. The Kier molecular flexibility index (Phi) is 8.14. The van der Waals surface area contributed by atoms with Gasteiger partial charge in [-0.3, -0.25) is 0 Å². The number of hydrogen-bond donors (Lipinski definition) is 1. The van der Waals surface area contributed by atoms with Crippen molar-refractivity contribution in [1.29, 1.82) is 0 Å². The summed E-state index contributed by atoms with van der Waals surface area (Å²) in [4.78, 5) is 39.2. The quantitative estimate of drug-likeness (QED) is 0.421. The average Bonchev–Trinajstić information content (AvgIpc) is 2.73. The minimum Gasteiger partial charge on any atom is -0.466 e. The number of esters is 2. The first-order valence-corrected chi connectivity index (χ1v) is 9.39. The lowest BCUT2D eigenvalue weighted by Crippen LogP contribution is -2.49. The highest BCUT2D eigenvalue weighted by Crippen LogP contribution is 2.35. The number of carbonyl (C=O) groups excluding carboxylic acids is 3. The fraction of sp³-hybridized carbons (Fsp3) is 0.421. The highest BCUT2D eigenvalue weighted by molar-refractivity contribution is 6.34. The fourth-order valence-electron chi connectivity index (χ4n) is 2.84. The molecule has 158 valence electrons. The first-order chi connectivity index (χ1) is 13.9. The van der Waals surface area contributed by atoms with E-state index in [1.165, 1.54) is 14.2 Å². The van der Waals surface area contributed by atoms with Crippen LogP contribution in [0.25, 0.3) is 0 Å². The Labute approximate surface area is 174 Å². The molecule has 9 nitrogen and oxygen atoms in total. The van der Waals surface area contributed by atoms with Gasteiger partial charge in [-0.1, -0.05) is 17.7 Å². The van der Waals surface area contributed by atoms with Crippen molar-refractivity contribution in [2.24, 2.45) is 0 Å². The number of hydrogen-bond acceptors (Lipinski definition) is 8. The SMILES string of the molecule is CCOC(=O)N1CCN(c2c(Cl)cccc2N/C(=C/C(=O)OC)C(=O)OC)CC1. The Morgan fingerprint density at radius 1 is 1.14 bits per heavy atom. The normalized spacial score (nSPS) is 14.3. The summed E-state index contributed by atoms with van der Waals surface area (Å²) in [6.07, 6.45) is 0.661. The zero-order chi connectivity index (χ0) is 21.4. The van der Waals surface area contributed by atoms with Gasteiger partial charge >= 0.3 is 18.0 Å². The molecule has 0 bridgehead atoms. The van der Waals surface area contributed by atoms with Gasteiger partial charge in [0.05, 0.1) is 43.3 Å². The summed E-state index contributed by atoms with van der Waals surface area (Å²) in [5, 5.41) is 3.37. The van der Waals surface area contributed by atoms with Crippen molar-refractivity contribution in [2.45, 2.75) is 6.92 Å². The van der Waals surface area contributed by atoms with Crippen molar-refractivity contribution < 1.29 is 28.6 Å². The number of rotatable bonds is 6. The molecule has 0 saturated carbocycles. The number of methoxy groups -OCH3 is 2. The number of ether oxygens (including phenoxy) is 3. The van der Waals surface area contributed by atoms with Crippen LogP contribution in [0.15, 0.2) is 30.0 Å². The van der Waals surface area contributed by atoms with Gasteiger partial charge in [0, 0.05) is 26.2 Å². The van der Waals surface area contributed by atoms with E-state index in [-0.39, 0.29) is 11.8 Å². The summed E-state index contributed by atoms with van der Waals surface area (Å²) < 4.78 is 14.4. The average molecular weight is 426 g/mol. The highest BCUT2D eigenvalue weighted by Gasteiger charge is 2.25. The summed E-state index contributed by atoms with van der Waals surface area (Å²) >= 11 is 6.43. The van der Waals surface area contributed by atoms with Crippen molar-refractivity contribution in [3.63, 3.8) is 0 Å². The summed E-state index contributed by atoms with van der Waals surface area (Å²) in [6, 6.07) is 5.17. The number of amides is 1. The maximum atomic E-state index is 12.1. The minimum atomic E-state index is -0.728. The number of nitrogens with zero attached hydrogens (tertiary/aromatic N) is 2. The van der Waals surface area contributed by atoms with Gasteiger partial charge in [-0.05, 0) is 19.1 Å². The molecule has 10 heteroatoms. The van der Waals surface area contributed by atoms with Crippen LogP contribution in [-0.2, 0) is 23.8 Å². The minimum absolute atomic E-state index is 0.0898. The second-order valence-corrected chi connectivity index (χ2v) is 6.41. The van der Waals surface area contributed by atoms with E-state index in [0.717, 1.165) is 6.08 Å². The smallest absolute Gasteiger partial charge is 0.409 e. The van der Waals surface area contributed by atoms with Gasteiger partial charge in [-0.2, -0.15) is 0 Å². The van der Waals surface area contributed by atoms with Crippen LogP contribution in [0.5, 0.6) is 0 Å². The third-order valence-electron chi connectivity index (χ3n) is 4.25. The number of piperazine rings is 1. The van der Waals surface area contributed by atoms with Crippen molar-refractivity contribution in [2.75, 3.05) is 57.2 Å². The van der Waals surface area contributed by atoms with Crippen LogP contribution < -0.4 is 10.2 Å². The Hall–Kier alpha value is -2.94. The molecule has 1 saturated heterocycles. The second-order valence-electron chi connectivity index (χ2n) is 6.01. The van der Waals surface area contributed by atoms with Gasteiger partial charge in [-0.15, -0.1) is 0 Å². The van der Waals surface area contributed by atoms with Crippen LogP contribution in [0.3, 0.4) is 0 Å². The second kappa shape index (κ2) is 10.6. The Bertz CT molecular complexity index is 790. The molecule has 29 heavy (non-hydrogen) atoms. The van der Waals surface area contributed by atoms with Crippen LogP contribution in [0.1, 0.15) is 6.92 Å². The number of carbonyl (C=O) groups is 3. The van der Waals surface area contributed by atoms with Gasteiger partial charge in [0.15, 0.2) is 0 Å². The molecule has 0 unspecified atom stereocenters.